The molecule has 4 rings (SSSR count). The molecule has 0 bridgehead atoms. The van der Waals surface area contributed by atoms with E-state index in [0.717, 1.165) is 16.9 Å². The highest BCUT2D eigenvalue weighted by Crippen LogP contribution is 2.24. The van der Waals surface area contributed by atoms with E-state index in [1.165, 1.54) is 12.8 Å². The standard InChI is InChI=1S/C14H13N7/c1-2-10(8-12(3-1)21-9-16-19-20-21)13-6-7-15-14(18-13)17-11-4-5-11/h1-3,6-9,11H,4-5H2,(H,15,17,18). The second-order valence-electron chi connectivity index (χ2n) is 4.99. The molecular formula is C14H13N7. The Hall–Kier alpha value is -2.83. The molecule has 0 spiro atoms. The molecule has 2 heterocycles. The maximum Gasteiger partial charge on any atom is 0.223 e. The van der Waals surface area contributed by atoms with Gasteiger partial charge in [-0.15, -0.1) is 5.10 Å². The maximum absolute atomic E-state index is 4.56. The van der Waals surface area contributed by atoms with E-state index in [1.54, 1.807) is 17.2 Å². The van der Waals surface area contributed by atoms with Crippen LogP contribution >= 0.6 is 0 Å². The van der Waals surface area contributed by atoms with Gasteiger partial charge in [0.05, 0.1) is 11.4 Å². The van der Waals surface area contributed by atoms with Crippen LogP contribution in [-0.4, -0.2) is 36.2 Å². The monoisotopic (exact) mass is 279 g/mol. The second kappa shape index (κ2) is 4.93. The molecule has 0 amide bonds. The number of nitrogens with one attached hydrogen (secondary N) is 1. The normalized spacial score (nSPS) is 14.1. The SMILES string of the molecule is c1cc(-c2ccnc(NC3CC3)n2)cc(-n2cnnn2)c1. The highest BCUT2D eigenvalue weighted by molar-refractivity contribution is 5.63. The average Bonchev–Trinajstić information content (AvgIpc) is 3.17. The first-order valence-corrected chi connectivity index (χ1v) is 6.82. The molecule has 1 aliphatic rings. The predicted octanol–water partition coefficient (Wildman–Crippen LogP) is 1.69. The first kappa shape index (κ1) is 12.0. The minimum absolute atomic E-state index is 0.535. The Balaban J connectivity index is 1.67. The molecule has 1 N–H and O–H groups in total. The lowest BCUT2D eigenvalue weighted by Gasteiger charge is -2.06. The molecule has 7 heteroatoms. The zero-order valence-corrected chi connectivity index (χ0v) is 11.2. The summed E-state index contributed by atoms with van der Waals surface area (Å²) in [7, 11) is 0. The second-order valence-corrected chi connectivity index (χ2v) is 4.99. The fourth-order valence-corrected chi connectivity index (χ4v) is 2.09. The lowest BCUT2D eigenvalue weighted by molar-refractivity contribution is 0.789. The molecule has 0 atom stereocenters. The summed E-state index contributed by atoms with van der Waals surface area (Å²) < 4.78 is 1.62. The summed E-state index contributed by atoms with van der Waals surface area (Å²) in [6.07, 6.45) is 5.74. The number of hydrogen-bond acceptors (Lipinski definition) is 6. The van der Waals surface area contributed by atoms with Gasteiger partial charge in [-0.1, -0.05) is 12.1 Å². The Morgan fingerprint density at radius 3 is 2.95 bits per heavy atom. The Kier molecular flexibility index (Phi) is 2.81. The molecule has 21 heavy (non-hydrogen) atoms. The summed E-state index contributed by atoms with van der Waals surface area (Å²) in [6.45, 7) is 0. The van der Waals surface area contributed by atoms with Crippen molar-refractivity contribution in [2.24, 2.45) is 0 Å². The van der Waals surface area contributed by atoms with Crippen molar-refractivity contribution < 1.29 is 0 Å². The van der Waals surface area contributed by atoms with E-state index >= 15 is 0 Å². The van der Waals surface area contributed by atoms with E-state index in [-0.39, 0.29) is 0 Å². The van der Waals surface area contributed by atoms with Crippen LogP contribution in [0.2, 0.25) is 0 Å². The van der Waals surface area contributed by atoms with Crippen LogP contribution < -0.4 is 5.32 Å². The number of rotatable bonds is 4. The largest absolute Gasteiger partial charge is 0.351 e. The van der Waals surface area contributed by atoms with Crippen molar-refractivity contribution in [3.8, 4) is 16.9 Å². The van der Waals surface area contributed by atoms with E-state index in [9.17, 15) is 0 Å². The van der Waals surface area contributed by atoms with E-state index in [0.29, 0.717) is 12.0 Å². The van der Waals surface area contributed by atoms with Crippen LogP contribution in [0.3, 0.4) is 0 Å². The average molecular weight is 279 g/mol. The summed E-state index contributed by atoms with van der Waals surface area (Å²) in [6, 6.07) is 10.4. The summed E-state index contributed by atoms with van der Waals surface area (Å²) in [4.78, 5) is 8.82. The zero-order valence-electron chi connectivity index (χ0n) is 11.2. The van der Waals surface area contributed by atoms with Crippen LogP contribution in [0, 0.1) is 0 Å². The van der Waals surface area contributed by atoms with Crippen molar-refractivity contribution >= 4 is 5.95 Å². The van der Waals surface area contributed by atoms with Crippen molar-refractivity contribution in [3.63, 3.8) is 0 Å². The lowest BCUT2D eigenvalue weighted by Crippen LogP contribution is -2.05. The van der Waals surface area contributed by atoms with Crippen molar-refractivity contribution in [2.75, 3.05) is 5.32 Å². The third-order valence-corrected chi connectivity index (χ3v) is 3.32. The predicted molar refractivity (Wildman–Crippen MR) is 76.8 cm³/mol. The molecule has 104 valence electrons. The summed E-state index contributed by atoms with van der Waals surface area (Å²) in [5, 5.41) is 14.5. The van der Waals surface area contributed by atoms with Gasteiger partial charge in [0.25, 0.3) is 0 Å². The molecule has 1 aliphatic carbocycles. The first-order valence-electron chi connectivity index (χ1n) is 6.82. The van der Waals surface area contributed by atoms with Gasteiger partial charge in [0.2, 0.25) is 5.95 Å². The van der Waals surface area contributed by atoms with Gasteiger partial charge < -0.3 is 5.32 Å². The smallest absolute Gasteiger partial charge is 0.223 e. The zero-order chi connectivity index (χ0) is 14.1. The van der Waals surface area contributed by atoms with Crippen molar-refractivity contribution in [1.29, 1.82) is 0 Å². The number of tetrazole rings is 1. The van der Waals surface area contributed by atoms with Gasteiger partial charge in [-0.05, 0) is 41.5 Å². The van der Waals surface area contributed by atoms with Crippen LogP contribution in [-0.2, 0) is 0 Å². The van der Waals surface area contributed by atoms with Crippen molar-refractivity contribution in [3.05, 3.63) is 42.9 Å². The molecule has 3 aromatic rings. The van der Waals surface area contributed by atoms with Crippen molar-refractivity contribution in [1.82, 2.24) is 30.2 Å². The van der Waals surface area contributed by atoms with Gasteiger partial charge >= 0.3 is 0 Å². The first-order chi connectivity index (χ1) is 10.4. The van der Waals surface area contributed by atoms with Gasteiger partial charge in [0, 0.05) is 17.8 Å². The third kappa shape index (κ3) is 2.58. The Morgan fingerprint density at radius 1 is 1.19 bits per heavy atom. The van der Waals surface area contributed by atoms with Crippen LogP contribution in [0.5, 0.6) is 0 Å². The number of anilines is 1. The minimum Gasteiger partial charge on any atom is -0.351 e. The van der Waals surface area contributed by atoms with Crippen LogP contribution in [0.1, 0.15) is 12.8 Å². The Morgan fingerprint density at radius 2 is 2.14 bits per heavy atom. The quantitative estimate of drug-likeness (QED) is 0.782. The molecule has 0 aliphatic heterocycles. The highest BCUT2D eigenvalue weighted by atomic mass is 15.5. The summed E-state index contributed by atoms with van der Waals surface area (Å²) in [5.41, 5.74) is 2.78. The summed E-state index contributed by atoms with van der Waals surface area (Å²) >= 11 is 0. The van der Waals surface area contributed by atoms with Gasteiger partial charge in [0.1, 0.15) is 6.33 Å². The Labute approximate surface area is 121 Å². The Bertz CT molecular complexity index is 750. The fraction of sp³-hybridized carbons (Fsp3) is 0.214. The van der Waals surface area contributed by atoms with E-state index in [1.807, 2.05) is 30.3 Å². The van der Waals surface area contributed by atoms with Gasteiger partial charge in [-0.2, -0.15) is 0 Å². The van der Waals surface area contributed by atoms with Gasteiger partial charge in [-0.3, -0.25) is 0 Å². The number of hydrogen-bond donors (Lipinski definition) is 1. The summed E-state index contributed by atoms with van der Waals surface area (Å²) in [5.74, 6) is 0.683. The molecule has 0 unspecified atom stereocenters. The van der Waals surface area contributed by atoms with Crippen LogP contribution in [0.15, 0.2) is 42.9 Å². The highest BCUT2D eigenvalue weighted by Gasteiger charge is 2.21. The third-order valence-electron chi connectivity index (χ3n) is 3.32. The molecular weight excluding hydrogens is 266 g/mol. The lowest BCUT2D eigenvalue weighted by atomic mass is 10.1. The molecule has 1 aromatic carbocycles. The van der Waals surface area contributed by atoms with E-state index < -0.39 is 0 Å². The van der Waals surface area contributed by atoms with Crippen LogP contribution in [0.4, 0.5) is 5.95 Å². The van der Waals surface area contributed by atoms with E-state index in [2.05, 4.69) is 30.8 Å². The van der Waals surface area contributed by atoms with Crippen LogP contribution in [0.25, 0.3) is 16.9 Å². The van der Waals surface area contributed by atoms with Gasteiger partial charge in [0.15, 0.2) is 0 Å². The molecule has 1 fully saturated rings. The fourth-order valence-electron chi connectivity index (χ4n) is 2.09. The van der Waals surface area contributed by atoms with Gasteiger partial charge in [-0.25, -0.2) is 14.6 Å². The molecule has 2 aromatic heterocycles. The molecule has 1 saturated carbocycles. The topological polar surface area (TPSA) is 81.4 Å². The molecule has 7 nitrogen and oxygen atoms in total. The van der Waals surface area contributed by atoms with E-state index in [4.69, 9.17) is 0 Å². The minimum atomic E-state index is 0.535. The van der Waals surface area contributed by atoms with Crippen molar-refractivity contribution in [2.45, 2.75) is 18.9 Å². The number of aromatic nitrogens is 6. The maximum atomic E-state index is 4.56. The molecule has 0 saturated heterocycles. The number of nitrogens with zero attached hydrogens (tertiary/aromatic N) is 6. The molecule has 0 radical (unpaired) electrons. The number of benzene rings is 1.